The molecule has 2 aromatic heterocycles. The molecule has 0 fully saturated rings. The van der Waals surface area contributed by atoms with Crippen molar-refractivity contribution in [2.45, 2.75) is 25.4 Å². The molecule has 1 atom stereocenters. The molecular weight excluding hydrogens is 299 g/mol. The van der Waals surface area contributed by atoms with E-state index in [-0.39, 0.29) is 11.9 Å². The van der Waals surface area contributed by atoms with E-state index in [0.29, 0.717) is 15.9 Å². The van der Waals surface area contributed by atoms with Crippen LogP contribution in [0.5, 0.6) is 0 Å². The van der Waals surface area contributed by atoms with E-state index in [4.69, 9.17) is 23.2 Å². The van der Waals surface area contributed by atoms with Crippen LogP contribution in [-0.4, -0.2) is 26.1 Å². The van der Waals surface area contributed by atoms with Gasteiger partial charge >= 0.3 is 0 Å². The van der Waals surface area contributed by atoms with Crippen LogP contribution in [0, 0.1) is 0 Å². The predicted octanol–water partition coefficient (Wildman–Crippen LogP) is 2.27. The van der Waals surface area contributed by atoms with Crippen molar-refractivity contribution in [3.63, 3.8) is 0 Å². The van der Waals surface area contributed by atoms with Crippen molar-refractivity contribution >= 4 is 29.1 Å². The summed E-state index contributed by atoms with van der Waals surface area (Å²) in [4.78, 5) is 16.5. The number of amides is 1. The summed E-state index contributed by atoms with van der Waals surface area (Å²) >= 11 is 11.9. The number of imidazole rings is 1. The third-order valence-electron chi connectivity index (χ3n) is 3.62. The van der Waals surface area contributed by atoms with Crippen molar-refractivity contribution in [3.05, 3.63) is 40.2 Å². The minimum atomic E-state index is -0.158. The third-order valence-corrected chi connectivity index (χ3v) is 4.46. The lowest BCUT2D eigenvalue weighted by Gasteiger charge is -2.24. The number of aromatic nitrogens is 3. The Bertz CT molecular complexity index is 661. The van der Waals surface area contributed by atoms with Crippen molar-refractivity contribution in [1.29, 1.82) is 0 Å². The third kappa shape index (κ3) is 2.31. The maximum absolute atomic E-state index is 12.3. The number of rotatable bonds is 2. The summed E-state index contributed by atoms with van der Waals surface area (Å²) in [7, 11) is 1.72. The highest BCUT2D eigenvalue weighted by molar-refractivity contribution is 6.41. The van der Waals surface area contributed by atoms with Crippen LogP contribution in [0.4, 0.5) is 0 Å². The Hall–Kier alpha value is -1.46. The summed E-state index contributed by atoms with van der Waals surface area (Å²) in [6.07, 6.45) is 5.47. The van der Waals surface area contributed by atoms with Crippen LogP contribution in [0.15, 0.2) is 18.5 Å². The van der Waals surface area contributed by atoms with Crippen molar-refractivity contribution < 1.29 is 4.79 Å². The molecule has 0 bridgehead atoms. The number of hydrogen-bond donors (Lipinski definition) is 1. The van der Waals surface area contributed by atoms with Crippen LogP contribution in [0.1, 0.15) is 22.7 Å². The predicted molar refractivity (Wildman–Crippen MR) is 77.2 cm³/mol. The molecule has 0 spiro atoms. The first-order valence-electron chi connectivity index (χ1n) is 6.38. The minimum absolute atomic E-state index is 0.0941. The smallest absolute Gasteiger partial charge is 0.268 e. The maximum Gasteiger partial charge on any atom is 0.268 e. The molecule has 1 amide bonds. The molecule has 1 N–H and O–H groups in total. The molecular formula is C13H14Cl2N4O. The summed E-state index contributed by atoms with van der Waals surface area (Å²) in [5.74, 6) is 0.912. The van der Waals surface area contributed by atoms with Gasteiger partial charge in [-0.25, -0.2) is 4.98 Å². The molecule has 7 heteroatoms. The van der Waals surface area contributed by atoms with Crippen LogP contribution in [0.25, 0.3) is 0 Å². The lowest BCUT2D eigenvalue weighted by atomic mass is 10.1. The first-order chi connectivity index (χ1) is 9.56. The summed E-state index contributed by atoms with van der Waals surface area (Å²) in [5, 5.41) is 3.78. The number of nitrogens with one attached hydrogen (secondary N) is 1. The van der Waals surface area contributed by atoms with Crippen molar-refractivity contribution in [1.82, 2.24) is 19.4 Å². The minimum Gasteiger partial charge on any atom is -0.346 e. The highest BCUT2D eigenvalue weighted by Gasteiger charge is 2.23. The number of aryl methyl sites for hydroxylation is 1. The van der Waals surface area contributed by atoms with Crippen LogP contribution in [0.2, 0.25) is 10.2 Å². The second kappa shape index (κ2) is 5.14. The van der Waals surface area contributed by atoms with Gasteiger partial charge in [0.1, 0.15) is 16.7 Å². The Balaban J connectivity index is 1.72. The highest BCUT2D eigenvalue weighted by atomic mass is 35.5. The molecule has 0 aliphatic carbocycles. The van der Waals surface area contributed by atoms with E-state index in [1.807, 2.05) is 6.20 Å². The molecule has 0 radical (unpaired) electrons. The fourth-order valence-electron chi connectivity index (χ4n) is 2.50. The fraction of sp³-hybridized carbons (Fsp3) is 0.385. The van der Waals surface area contributed by atoms with E-state index < -0.39 is 0 Å². The molecule has 0 saturated heterocycles. The lowest BCUT2D eigenvalue weighted by molar-refractivity contribution is 0.0919. The Morgan fingerprint density at radius 3 is 3.00 bits per heavy atom. The first-order valence-corrected chi connectivity index (χ1v) is 7.13. The van der Waals surface area contributed by atoms with Crippen molar-refractivity contribution in [2.75, 3.05) is 0 Å². The number of nitrogens with zero attached hydrogens (tertiary/aromatic N) is 3. The molecule has 3 rings (SSSR count). The van der Waals surface area contributed by atoms with Gasteiger partial charge in [-0.1, -0.05) is 23.2 Å². The molecule has 0 unspecified atom stereocenters. The molecule has 0 saturated carbocycles. The first kappa shape index (κ1) is 13.5. The number of fused-ring (bicyclic) bond motifs is 1. The van der Waals surface area contributed by atoms with Gasteiger partial charge < -0.3 is 14.5 Å². The number of carbonyl (C=O) groups is 1. The van der Waals surface area contributed by atoms with Gasteiger partial charge in [0, 0.05) is 38.4 Å². The van der Waals surface area contributed by atoms with Crippen LogP contribution in [0.3, 0.4) is 0 Å². The number of halogens is 2. The zero-order valence-electron chi connectivity index (χ0n) is 10.9. The van der Waals surface area contributed by atoms with Crippen LogP contribution < -0.4 is 5.32 Å². The van der Waals surface area contributed by atoms with E-state index in [9.17, 15) is 4.79 Å². The molecule has 1 aliphatic heterocycles. The zero-order valence-corrected chi connectivity index (χ0v) is 12.4. The van der Waals surface area contributed by atoms with Gasteiger partial charge in [0.25, 0.3) is 5.91 Å². The lowest BCUT2D eigenvalue weighted by Crippen LogP contribution is -2.41. The van der Waals surface area contributed by atoms with Gasteiger partial charge in [0.2, 0.25) is 0 Å². The highest BCUT2D eigenvalue weighted by Crippen LogP contribution is 2.25. The second-order valence-electron chi connectivity index (χ2n) is 4.93. The van der Waals surface area contributed by atoms with Gasteiger partial charge in [-0.2, -0.15) is 0 Å². The molecule has 3 heterocycles. The van der Waals surface area contributed by atoms with Crippen molar-refractivity contribution in [3.8, 4) is 0 Å². The van der Waals surface area contributed by atoms with Crippen molar-refractivity contribution in [2.24, 2.45) is 7.05 Å². The summed E-state index contributed by atoms with van der Waals surface area (Å²) in [5.41, 5.74) is 0.469. The van der Waals surface area contributed by atoms with E-state index >= 15 is 0 Å². The Kier molecular flexibility index (Phi) is 3.48. The standard InChI is InChI=1S/C13H14Cl2N4O/c1-18-10(6-9(14)12(18)15)13(20)17-8-2-3-11-16-4-5-19(11)7-8/h4-6,8H,2-3,7H2,1H3,(H,17,20)/t8-/m0/s1. The largest absolute Gasteiger partial charge is 0.346 e. The summed E-state index contributed by atoms with van der Waals surface area (Å²) in [6.45, 7) is 0.743. The number of carbonyl (C=O) groups excluding carboxylic acids is 1. The topological polar surface area (TPSA) is 51.9 Å². The normalized spacial score (nSPS) is 17.9. The van der Waals surface area contributed by atoms with E-state index in [2.05, 4.69) is 14.9 Å². The SMILES string of the molecule is Cn1c(C(=O)N[C@H]2CCc3nccn3C2)cc(Cl)c1Cl. The average molecular weight is 313 g/mol. The average Bonchev–Trinajstić information content (AvgIpc) is 2.98. The number of hydrogen-bond acceptors (Lipinski definition) is 2. The molecule has 106 valence electrons. The monoisotopic (exact) mass is 312 g/mol. The molecule has 0 aromatic carbocycles. The second-order valence-corrected chi connectivity index (χ2v) is 5.70. The Labute approximate surface area is 126 Å². The molecule has 5 nitrogen and oxygen atoms in total. The molecule has 2 aromatic rings. The Morgan fingerprint density at radius 1 is 1.50 bits per heavy atom. The summed E-state index contributed by atoms with van der Waals surface area (Å²) in [6, 6.07) is 1.68. The Morgan fingerprint density at radius 2 is 2.30 bits per heavy atom. The van der Waals surface area contributed by atoms with Gasteiger partial charge in [-0.3, -0.25) is 4.79 Å². The van der Waals surface area contributed by atoms with E-state index in [0.717, 1.165) is 25.2 Å². The van der Waals surface area contributed by atoms with Gasteiger partial charge in [-0.15, -0.1) is 0 Å². The van der Waals surface area contributed by atoms with Crippen LogP contribution in [-0.2, 0) is 20.0 Å². The quantitative estimate of drug-likeness (QED) is 0.925. The van der Waals surface area contributed by atoms with Gasteiger partial charge in [0.05, 0.1) is 5.02 Å². The molecule has 1 aliphatic rings. The van der Waals surface area contributed by atoms with E-state index in [1.54, 1.807) is 23.9 Å². The van der Waals surface area contributed by atoms with Crippen LogP contribution >= 0.6 is 23.2 Å². The fourth-order valence-corrected chi connectivity index (χ4v) is 2.88. The van der Waals surface area contributed by atoms with Gasteiger partial charge in [0.15, 0.2) is 0 Å². The molecule has 20 heavy (non-hydrogen) atoms. The zero-order chi connectivity index (χ0) is 14.3. The van der Waals surface area contributed by atoms with Gasteiger partial charge in [-0.05, 0) is 12.5 Å². The summed E-state index contributed by atoms with van der Waals surface area (Å²) < 4.78 is 3.66. The van der Waals surface area contributed by atoms with E-state index in [1.165, 1.54) is 0 Å². The maximum atomic E-state index is 12.3.